The van der Waals surface area contributed by atoms with Crippen LogP contribution in [0.4, 0.5) is 19.0 Å². The van der Waals surface area contributed by atoms with Gasteiger partial charge in [-0.15, -0.1) is 11.3 Å². The number of hydrogen-bond acceptors (Lipinski definition) is 6. The van der Waals surface area contributed by atoms with E-state index in [9.17, 15) is 23.2 Å². The van der Waals surface area contributed by atoms with Crippen LogP contribution < -0.4 is 10.2 Å². The van der Waals surface area contributed by atoms with E-state index in [1.165, 1.54) is 6.33 Å². The molecule has 1 saturated carbocycles. The minimum Gasteiger partial charge on any atom is -0.355 e. The summed E-state index contributed by atoms with van der Waals surface area (Å²) in [5, 5.41) is 13.2. The summed E-state index contributed by atoms with van der Waals surface area (Å²) in [6.45, 7) is 5.17. The lowest BCUT2D eigenvalue weighted by molar-refractivity contribution is -0.126. The zero-order valence-corrected chi connectivity index (χ0v) is 20.8. The molecular formula is C26H26F3N5OS. The van der Waals surface area contributed by atoms with Crippen LogP contribution in [0.15, 0.2) is 36.7 Å². The van der Waals surface area contributed by atoms with Crippen LogP contribution in [-0.2, 0) is 11.8 Å². The molecule has 3 aromatic rings. The van der Waals surface area contributed by atoms with Gasteiger partial charge in [0.2, 0.25) is 0 Å². The van der Waals surface area contributed by atoms with Crippen molar-refractivity contribution in [2.75, 3.05) is 18.0 Å². The molecule has 10 heteroatoms. The topological polar surface area (TPSA) is 81.9 Å². The van der Waals surface area contributed by atoms with Crippen molar-refractivity contribution in [3.63, 3.8) is 0 Å². The van der Waals surface area contributed by atoms with Crippen LogP contribution in [-0.4, -0.2) is 41.2 Å². The third kappa shape index (κ3) is 4.76. The number of thiophene rings is 1. The van der Waals surface area contributed by atoms with E-state index in [4.69, 9.17) is 0 Å². The fourth-order valence-electron chi connectivity index (χ4n) is 5.35. The number of nitriles is 1. The summed E-state index contributed by atoms with van der Waals surface area (Å²) < 4.78 is 38.6. The molecule has 36 heavy (non-hydrogen) atoms. The van der Waals surface area contributed by atoms with E-state index in [1.807, 2.05) is 19.9 Å². The highest BCUT2D eigenvalue weighted by molar-refractivity contribution is 7.18. The Kier molecular flexibility index (Phi) is 5.94. The monoisotopic (exact) mass is 513 g/mol. The molecule has 0 unspecified atom stereocenters. The van der Waals surface area contributed by atoms with E-state index >= 15 is 0 Å². The number of anilines is 1. The smallest absolute Gasteiger partial charge is 0.355 e. The summed E-state index contributed by atoms with van der Waals surface area (Å²) in [4.78, 5) is 24.4. The van der Waals surface area contributed by atoms with Gasteiger partial charge in [0, 0.05) is 29.6 Å². The highest BCUT2D eigenvalue weighted by Gasteiger charge is 2.49. The predicted octanol–water partition coefficient (Wildman–Crippen LogP) is 5.39. The summed E-state index contributed by atoms with van der Waals surface area (Å²) in [5.41, 5.74) is 0.731. The summed E-state index contributed by atoms with van der Waals surface area (Å²) in [5.74, 6) is 0.541. The van der Waals surface area contributed by atoms with Crippen molar-refractivity contribution in [1.82, 2.24) is 15.3 Å². The number of alkyl halides is 3. The van der Waals surface area contributed by atoms with Crippen LogP contribution in [0, 0.1) is 16.7 Å². The molecule has 1 saturated heterocycles. The minimum atomic E-state index is -4.26. The first-order chi connectivity index (χ1) is 17.0. The number of amides is 1. The second-order valence-corrected chi connectivity index (χ2v) is 11.6. The number of benzene rings is 1. The Hall–Kier alpha value is -3.19. The van der Waals surface area contributed by atoms with Crippen LogP contribution in [0.1, 0.15) is 53.9 Å². The fraction of sp³-hybridized carbons (Fsp3) is 0.462. The van der Waals surface area contributed by atoms with Gasteiger partial charge in [0.1, 0.15) is 17.0 Å². The molecule has 2 aromatic heterocycles. The Morgan fingerprint density at radius 2 is 2.06 bits per heavy atom. The Morgan fingerprint density at radius 3 is 2.78 bits per heavy atom. The van der Waals surface area contributed by atoms with Crippen molar-refractivity contribution in [3.8, 4) is 6.07 Å². The van der Waals surface area contributed by atoms with Gasteiger partial charge in [0.25, 0.3) is 5.91 Å². The normalized spacial score (nSPS) is 22.0. The molecule has 1 aliphatic heterocycles. The molecule has 2 fully saturated rings. The zero-order valence-electron chi connectivity index (χ0n) is 20.0. The first-order valence-corrected chi connectivity index (χ1v) is 12.7. The number of rotatable bonds is 5. The maximum absolute atomic E-state index is 12.9. The minimum absolute atomic E-state index is 0.0602. The quantitative estimate of drug-likeness (QED) is 0.495. The number of aromatic nitrogens is 2. The molecule has 6 nitrogen and oxygen atoms in total. The van der Waals surface area contributed by atoms with Gasteiger partial charge in [-0.05, 0) is 62.3 Å². The van der Waals surface area contributed by atoms with Crippen molar-refractivity contribution in [3.05, 3.63) is 52.7 Å². The third-order valence-electron chi connectivity index (χ3n) is 7.29. The zero-order chi connectivity index (χ0) is 25.7. The molecular weight excluding hydrogens is 487 g/mol. The number of nitrogens with one attached hydrogen (secondary N) is 1. The number of nitrogens with zero attached hydrogens (tertiary/aromatic N) is 4. The van der Waals surface area contributed by atoms with E-state index in [2.05, 4.69) is 26.3 Å². The highest BCUT2D eigenvalue weighted by atomic mass is 32.1. The second kappa shape index (κ2) is 8.73. The molecule has 1 amide bonds. The van der Waals surface area contributed by atoms with Crippen LogP contribution in [0.3, 0.4) is 0 Å². The van der Waals surface area contributed by atoms with Gasteiger partial charge < -0.3 is 10.2 Å². The van der Waals surface area contributed by atoms with Crippen LogP contribution >= 0.6 is 11.3 Å². The van der Waals surface area contributed by atoms with Gasteiger partial charge >= 0.3 is 6.18 Å². The molecule has 0 bridgehead atoms. The lowest BCUT2D eigenvalue weighted by Crippen LogP contribution is -2.52. The predicted molar refractivity (Wildman–Crippen MR) is 132 cm³/mol. The maximum Gasteiger partial charge on any atom is 0.393 e. The fourth-order valence-corrected chi connectivity index (χ4v) is 6.37. The van der Waals surface area contributed by atoms with Crippen LogP contribution in [0.2, 0.25) is 0 Å². The third-order valence-corrected chi connectivity index (χ3v) is 8.33. The largest absolute Gasteiger partial charge is 0.393 e. The summed E-state index contributed by atoms with van der Waals surface area (Å²) in [7, 11) is 0. The van der Waals surface area contributed by atoms with Crippen LogP contribution in [0.25, 0.3) is 10.2 Å². The second-order valence-electron chi connectivity index (χ2n) is 10.5. The van der Waals surface area contributed by atoms with E-state index in [-0.39, 0.29) is 22.2 Å². The van der Waals surface area contributed by atoms with Gasteiger partial charge in [-0.25, -0.2) is 9.97 Å². The summed E-state index contributed by atoms with van der Waals surface area (Å²) >= 11 is 1.06. The molecule has 0 atom stereocenters. The molecule has 0 radical (unpaired) electrons. The molecule has 1 aromatic carbocycles. The van der Waals surface area contributed by atoms with E-state index in [1.54, 1.807) is 24.3 Å². The van der Waals surface area contributed by atoms with E-state index in [0.717, 1.165) is 49.3 Å². The SMILES string of the molecule is CC(C)(C#N)c1cccc(C(=O)NC2CC3(CCN(c4ncnc5sc(CC(F)(F)F)cc45)C3)C2)c1. The van der Waals surface area contributed by atoms with Crippen molar-refractivity contribution in [2.24, 2.45) is 5.41 Å². The number of halogens is 3. The molecule has 2 aliphatic rings. The Labute approximate surface area is 211 Å². The number of fused-ring (bicyclic) bond motifs is 1. The lowest BCUT2D eigenvalue weighted by Gasteiger charge is -2.45. The van der Waals surface area contributed by atoms with Gasteiger partial charge in [0.05, 0.1) is 23.3 Å². The molecule has 3 heterocycles. The molecule has 5 rings (SSSR count). The maximum atomic E-state index is 12.9. The number of carbonyl (C=O) groups excluding carboxylic acids is 1. The number of hydrogen-bond donors (Lipinski definition) is 1. The standard InChI is InChI=1S/C26H26F3N5OS/c1-24(2,13-30)17-5-3-4-16(8-17)22(35)33-18-10-25(11-18)6-7-34(14-25)21-20-9-19(12-26(27,28)29)36-23(20)32-15-31-21/h3-5,8-9,15,18H,6-7,10-12,14H2,1-2H3,(H,33,35). The summed E-state index contributed by atoms with van der Waals surface area (Å²) in [6.07, 6.45) is -1.18. The van der Waals surface area contributed by atoms with Crippen molar-refractivity contribution in [1.29, 1.82) is 5.26 Å². The average Bonchev–Trinajstić information content (AvgIpc) is 3.41. The Balaban J connectivity index is 1.23. The first-order valence-electron chi connectivity index (χ1n) is 11.8. The van der Waals surface area contributed by atoms with Gasteiger partial charge in [-0.3, -0.25) is 4.79 Å². The average molecular weight is 514 g/mol. The highest BCUT2D eigenvalue weighted by Crippen LogP contribution is 2.49. The van der Waals surface area contributed by atoms with E-state index < -0.39 is 18.0 Å². The van der Waals surface area contributed by atoms with Gasteiger partial charge in [0.15, 0.2) is 0 Å². The Morgan fingerprint density at radius 1 is 1.28 bits per heavy atom. The lowest BCUT2D eigenvalue weighted by atomic mass is 9.65. The molecule has 1 N–H and O–H groups in total. The van der Waals surface area contributed by atoms with Gasteiger partial charge in [-0.1, -0.05) is 12.1 Å². The molecule has 188 valence electrons. The number of carbonyl (C=O) groups is 1. The molecule has 1 aliphatic carbocycles. The Bertz CT molecular complexity index is 1350. The van der Waals surface area contributed by atoms with Crippen molar-refractivity contribution in [2.45, 2.75) is 57.2 Å². The van der Waals surface area contributed by atoms with Crippen molar-refractivity contribution < 1.29 is 18.0 Å². The van der Waals surface area contributed by atoms with Gasteiger partial charge in [-0.2, -0.15) is 18.4 Å². The van der Waals surface area contributed by atoms with Crippen LogP contribution in [0.5, 0.6) is 0 Å². The van der Waals surface area contributed by atoms with Crippen molar-refractivity contribution >= 4 is 33.3 Å². The first kappa shape index (κ1) is 24.5. The summed E-state index contributed by atoms with van der Waals surface area (Å²) in [6, 6.07) is 11.1. The molecule has 1 spiro atoms. The van der Waals surface area contributed by atoms with E-state index in [0.29, 0.717) is 21.6 Å².